The van der Waals surface area contributed by atoms with E-state index < -0.39 is 0 Å². The third-order valence-corrected chi connectivity index (χ3v) is 5.41. The van der Waals surface area contributed by atoms with Crippen molar-refractivity contribution in [2.75, 3.05) is 5.32 Å². The standard InChI is InChI=1S/C17H17N3OS/c1-10-8-11(21)6-7-13(10)20-16-15-12-4-2-3-5-14(12)22-17(15)19-9-18-16/h6-9,21H,2-5H2,1H3,(H,18,19,20). The van der Waals surface area contributed by atoms with Gasteiger partial charge in [0.1, 0.15) is 22.7 Å². The fraction of sp³-hybridized carbons (Fsp3) is 0.294. The lowest BCUT2D eigenvalue weighted by Gasteiger charge is -2.13. The van der Waals surface area contributed by atoms with Crippen LogP contribution < -0.4 is 5.32 Å². The molecule has 2 N–H and O–H groups in total. The Balaban J connectivity index is 1.83. The summed E-state index contributed by atoms with van der Waals surface area (Å²) in [5.74, 6) is 1.15. The van der Waals surface area contributed by atoms with Gasteiger partial charge in [-0.1, -0.05) is 0 Å². The van der Waals surface area contributed by atoms with Crippen LogP contribution in [0.2, 0.25) is 0 Å². The topological polar surface area (TPSA) is 58.0 Å². The number of nitrogens with one attached hydrogen (secondary N) is 1. The summed E-state index contributed by atoms with van der Waals surface area (Å²) < 4.78 is 0. The molecule has 0 aliphatic heterocycles. The highest BCUT2D eigenvalue weighted by atomic mass is 32.1. The average molecular weight is 311 g/mol. The Hall–Kier alpha value is -2.14. The molecule has 1 aliphatic carbocycles. The number of nitrogens with zero attached hydrogens (tertiary/aromatic N) is 2. The minimum Gasteiger partial charge on any atom is -0.508 e. The molecule has 0 unspecified atom stereocenters. The van der Waals surface area contributed by atoms with Crippen LogP contribution >= 0.6 is 11.3 Å². The van der Waals surface area contributed by atoms with E-state index in [1.807, 2.05) is 13.0 Å². The van der Waals surface area contributed by atoms with Gasteiger partial charge in [0.25, 0.3) is 0 Å². The van der Waals surface area contributed by atoms with Gasteiger partial charge in [-0.3, -0.25) is 0 Å². The number of anilines is 2. The molecule has 2 heterocycles. The van der Waals surface area contributed by atoms with Crippen molar-refractivity contribution in [3.63, 3.8) is 0 Å². The van der Waals surface area contributed by atoms with Crippen LogP contribution in [0.4, 0.5) is 11.5 Å². The minimum absolute atomic E-state index is 0.281. The van der Waals surface area contributed by atoms with Gasteiger partial charge in [0, 0.05) is 10.6 Å². The number of aryl methyl sites for hydroxylation is 3. The van der Waals surface area contributed by atoms with E-state index in [-0.39, 0.29) is 5.75 Å². The SMILES string of the molecule is Cc1cc(O)ccc1Nc1ncnc2sc3c(c12)CCCC3. The molecule has 0 saturated heterocycles. The smallest absolute Gasteiger partial charge is 0.142 e. The lowest BCUT2D eigenvalue weighted by Crippen LogP contribution is -2.01. The first kappa shape index (κ1) is 13.5. The summed E-state index contributed by atoms with van der Waals surface area (Å²) in [5, 5.41) is 14.1. The molecule has 4 nitrogen and oxygen atoms in total. The fourth-order valence-electron chi connectivity index (χ4n) is 3.10. The van der Waals surface area contributed by atoms with E-state index in [0.29, 0.717) is 0 Å². The van der Waals surface area contributed by atoms with E-state index in [1.54, 1.807) is 29.8 Å². The monoisotopic (exact) mass is 311 g/mol. The average Bonchev–Trinajstić information content (AvgIpc) is 2.89. The maximum absolute atomic E-state index is 9.55. The number of phenolic OH excluding ortho intramolecular Hbond substituents is 1. The zero-order chi connectivity index (χ0) is 15.1. The van der Waals surface area contributed by atoms with Crippen LogP contribution in [0.25, 0.3) is 10.2 Å². The Morgan fingerprint density at radius 1 is 1.18 bits per heavy atom. The zero-order valence-corrected chi connectivity index (χ0v) is 13.2. The van der Waals surface area contributed by atoms with E-state index in [1.165, 1.54) is 28.7 Å². The molecule has 0 bridgehead atoms. The fourth-order valence-corrected chi connectivity index (χ4v) is 4.33. The molecule has 4 rings (SSSR count). The van der Waals surface area contributed by atoms with Crippen molar-refractivity contribution >= 4 is 33.1 Å². The van der Waals surface area contributed by atoms with Gasteiger partial charge in [-0.25, -0.2) is 9.97 Å². The molecule has 5 heteroatoms. The van der Waals surface area contributed by atoms with E-state index >= 15 is 0 Å². The number of aromatic hydroxyl groups is 1. The van der Waals surface area contributed by atoms with E-state index in [2.05, 4.69) is 15.3 Å². The first-order valence-corrected chi connectivity index (χ1v) is 8.36. The number of thiophene rings is 1. The lowest BCUT2D eigenvalue weighted by atomic mass is 9.97. The van der Waals surface area contributed by atoms with Gasteiger partial charge < -0.3 is 10.4 Å². The summed E-state index contributed by atoms with van der Waals surface area (Å²) in [6, 6.07) is 5.33. The predicted octanol–water partition coefficient (Wildman–Crippen LogP) is 4.33. The van der Waals surface area contributed by atoms with E-state index in [0.717, 1.165) is 34.7 Å². The Kier molecular flexibility index (Phi) is 3.22. The van der Waals surface area contributed by atoms with Crippen molar-refractivity contribution in [1.82, 2.24) is 9.97 Å². The maximum Gasteiger partial charge on any atom is 0.142 e. The summed E-state index contributed by atoms with van der Waals surface area (Å²) in [4.78, 5) is 11.5. The van der Waals surface area contributed by atoms with Crippen molar-refractivity contribution in [1.29, 1.82) is 0 Å². The summed E-state index contributed by atoms with van der Waals surface area (Å²) in [7, 11) is 0. The van der Waals surface area contributed by atoms with Gasteiger partial charge in [0.05, 0.1) is 5.39 Å². The molecule has 112 valence electrons. The first-order valence-electron chi connectivity index (χ1n) is 7.54. The summed E-state index contributed by atoms with van der Waals surface area (Å²) in [6.07, 6.45) is 6.42. The molecule has 0 radical (unpaired) electrons. The van der Waals surface area contributed by atoms with Gasteiger partial charge in [-0.05, 0) is 61.9 Å². The molecule has 2 aromatic heterocycles. The van der Waals surface area contributed by atoms with Gasteiger partial charge in [0.15, 0.2) is 0 Å². The normalized spacial score (nSPS) is 14.0. The third-order valence-electron chi connectivity index (χ3n) is 4.21. The highest BCUT2D eigenvalue weighted by Crippen LogP contribution is 2.39. The molecule has 1 aliphatic rings. The molecule has 0 fully saturated rings. The predicted molar refractivity (Wildman–Crippen MR) is 90.2 cm³/mol. The molecule has 0 spiro atoms. The van der Waals surface area contributed by atoms with Crippen LogP contribution in [0, 0.1) is 6.92 Å². The lowest BCUT2D eigenvalue weighted by molar-refractivity contribution is 0.475. The molecule has 1 aromatic carbocycles. The van der Waals surface area contributed by atoms with Crippen molar-refractivity contribution in [3.8, 4) is 5.75 Å². The third kappa shape index (κ3) is 2.22. The Bertz CT molecular complexity index is 856. The van der Waals surface area contributed by atoms with E-state index in [9.17, 15) is 5.11 Å². The summed E-state index contributed by atoms with van der Waals surface area (Å²) >= 11 is 1.80. The van der Waals surface area contributed by atoms with Crippen molar-refractivity contribution in [2.45, 2.75) is 32.6 Å². The number of aromatic nitrogens is 2. The number of hydrogen-bond donors (Lipinski definition) is 2. The molecule has 0 saturated carbocycles. The summed E-state index contributed by atoms with van der Waals surface area (Å²) in [6.45, 7) is 1.98. The van der Waals surface area contributed by atoms with Crippen LogP contribution in [-0.2, 0) is 12.8 Å². The quantitative estimate of drug-likeness (QED) is 0.692. The van der Waals surface area contributed by atoms with Crippen molar-refractivity contribution < 1.29 is 5.11 Å². The number of phenols is 1. The molecular formula is C17H17N3OS. The zero-order valence-electron chi connectivity index (χ0n) is 12.4. The van der Waals surface area contributed by atoms with E-state index in [4.69, 9.17) is 0 Å². The van der Waals surface area contributed by atoms with Crippen molar-refractivity contribution in [3.05, 3.63) is 40.5 Å². The van der Waals surface area contributed by atoms with Crippen LogP contribution in [0.1, 0.15) is 28.8 Å². The molecule has 0 amide bonds. The van der Waals surface area contributed by atoms with Crippen LogP contribution in [0.15, 0.2) is 24.5 Å². The second kappa shape index (κ2) is 5.25. The van der Waals surface area contributed by atoms with Crippen LogP contribution in [0.3, 0.4) is 0 Å². The number of rotatable bonds is 2. The Morgan fingerprint density at radius 3 is 2.91 bits per heavy atom. The van der Waals surface area contributed by atoms with Crippen LogP contribution in [0.5, 0.6) is 5.75 Å². The first-order chi connectivity index (χ1) is 10.7. The highest BCUT2D eigenvalue weighted by Gasteiger charge is 2.20. The molecule has 3 aromatic rings. The second-order valence-corrected chi connectivity index (χ2v) is 6.82. The molecule has 22 heavy (non-hydrogen) atoms. The van der Waals surface area contributed by atoms with Crippen molar-refractivity contribution in [2.24, 2.45) is 0 Å². The number of benzene rings is 1. The molecule has 0 atom stereocenters. The Labute approximate surface area is 132 Å². The van der Waals surface area contributed by atoms with Gasteiger partial charge in [0.2, 0.25) is 0 Å². The molecular weight excluding hydrogens is 294 g/mol. The minimum atomic E-state index is 0.281. The Morgan fingerprint density at radius 2 is 2.05 bits per heavy atom. The highest BCUT2D eigenvalue weighted by molar-refractivity contribution is 7.19. The largest absolute Gasteiger partial charge is 0.508 e. The number of hydrogen-bond acceptors (Lipinski definition) is 5. The van der Waals surface area contributed by atoms with Gasteiger partial charge >= 0.3 is 0 Å². The van der Waals surface area contributed by atoms with Gasteiger partial charge in [-0.15, -0.1) is 11.3 Å². The van der Waals surface area contributed by atoms with Crippen LogP contribution in [-0.4, -0.2) is 15.1 Å². The second-order valence-electron chi connectivity index (χ2n) is 5.74. The summed E-state index contributed by atoms with van der Waals surface area (Å²) in [5.41, 5.74) is 3.38. The van der Waals surface area contributed by atoms with Gasteiger partial charge in [-0.2, -0.15) is 0 Å². The maximum atomic E-state index is 9.55. The number of fused-ring (bicyclic) bond motifs is 3.